The Morgan fingerprint density at radius 1 is 1.10 bits per heavy atom. The average Bonchev–Trinajstić information content (AvgIpc) is 3.56. The van der Waals surface area contributed by atoms with E-state index >= 15 is 0 Å². The maximum atomic E-state index is 13.9. The molecule has 0 amide bonds. The second-order valence-corrected chi connectivity index (χ2v) is 10.5. The first-order chi connectivity index (χ1) is 19.4. The Morgan fingerprint density at radius 3 is 2.42 bits per heavy atom. The van der Waals surface area contributed by atoms with Crippen molar-refractivity contribution in [1.29, 1.82) is 0 Å². The smallest absolute Gasteiger partial charge is 0.338 e. The van der Waals surface area contributed by atoms with Crippen LogP contribution in [0.25, 0.3) is 6.08 Å². The third-order valence-electron chi connectivity index (χ3n) is 7.07. The number of ether oxygens (including phenoxy) is 4. The summed E-state index contributed by atoms with van der Waals surface area (Å²) in [5, 5.41) is 0. The van der Waals surface area contributed by atoms with Crippen LogP contribution in [0.3, 0.4) is 0 Å². The van der Waals surface area contributed by atoms with Crippen LogP contribution in [0.1, 0.15) is 50.5 Å². The molecule has 5 rings (SSSR count). The van der Waals surface area contributed by atoms with Crippen LogP contribution in [-0.4, -0.2) is 51.6 Å². The second-order valence-electron chi connectivity index (χ2n) is 9.48. The summed E-state index contributed by atoms with van der Waals surface area (Å²) >= 11 is 1.24. The lowest BCUT2D eigenvalue weighted by atomic mass is 9.95. The van der Waals surface area contributed by atoms with Crippen LogP contribution in [0.15, 0.2) is 49.7 Å². The maximum absolute atomic E-state index is 13.9. The van der Waals surface area contributed by atoms with Crippen molar-refractivity contribution >= 4 is 29.3 Å². The summed E-state index contributed by atoms with van der Waals surface area (Å²) in [6, 6.07) is 6.45. The van der Waals surface area contributed by atoms with Crippen LogP contribution < -0.4 is 34.0 Å². The van der Waals surface area contributed by atoms with Crippen LogP contribution in [0.2, 0.25) is 0 Å². The number of allylic oxidation sites excluding steroid dienone is 1. The Bertz CT molecular complexity index is 1600. The number of nitrogens with zero attached hydrogens (tertiary/aromatic N) is 3. The fourth-order valence-corrected chi connectivity index (χ4v) is 6.23. The highest BCUT2D eigenvalue weighted by molar-refractivity contribution is 7.07. The van der Waals surface area contributed by atoms with Crippen LogP contribution >= 0.6 is 11.3 Å². The van der Waals surface area contributed by atoms with Gasteiger partial charge in [0.1, 0.15) is 5.76 Å². The Balaban J connectivity index is 1.67. The van der Waals surface area contributed by atoms with Gasteiger partial charge < -0.3 is 28.3 Å². The van der Waals surface area contributed by atoms with Gasteiger partial charge in [0.2, 0.25) is 5.75 Å². The summed E-state index contributed by atoms with van der Waals surface area (Å²) in [7, 11) is 4.55. The van der Waals surface area contributed by atoms with E-state index < -0.39 is 12.0 Å². The van der Waals surface area contributed by atoms with Crippen molar-refractivity contribution in [3.8, 4) is 17.2 Å². The Kier molecular flexibility index (Phi) is 8.02. The third kappa shape index (κ3) is 5.01. The van der Waals surface area contributed by atoms with Crippen LogP contribution in [0.4, 0.5) is 5.88 Å². The van der Waals surface area contributed by atoms with Gasteiger partial charge in [-0.2, -0.15) is 0 Å². The molecule has 0 aliphatic carbocycles. The zero-order valence-electron chi connectivity index (χ0n) is 23.3. The minimum Gasteiger partial charge on any atom is -0.493 e. The molecule has 3 aromatic rings. The van der Waals surface area contributed by atoms with E-state index in [0.717, 1.165) is 31.8 Å². The molecular weight excluding hydrogens is 534 g/mol. The summed E-state index contributed by atoms with van der Waals surface area (Å²) in [5.74, 6) is 2.04. The summed E-state index contributed by atoms with van der Waals surface area (Å²) in [6.07, 6.45) is 5.23. The largest absolute Gasteiger partial charge is 0.493 e. The molecule has 0 saturated carbocycles. The molecule has 40 heavy (non-hydrogen) atoms. The van der Waals surface area contributed by atoms with Gasteiger partial charge in [0, 0.05) is 25.2 Å². The van der Waals surface area contributed by atoms with Crippen LogP contribution in [0.5, 0.6) is 17.2 Å². The Morgan fingerprint density at radius 2 is 1.80 bits per heavy atom. The maximum Gasteiger partial charge on any atom is 0.338 e. The first kappa shape index (κ1) is 27.6. The number of esters is 1. The van der Waals surface area contributed by atoms with Crippen molar-refractivity contribution in [2.24, 2.45) is 4.99 Å². The average molecular weight is 568 g/mol. The zero-order valence-corrected chi connectivity index (χ0v) is 24.1. The summed E-state index contributed by atoms with van der Waals surface area (Å²) in [5.41, 5.74) is 1.02. The molecule has 1 atom stereocenters. The number of hydrogen-bond donors (Lipinski definition) is 0. The molecule has 0 unspecified atom stereocenters. The molecule has 1 saturated heterocycles. The lowest BCUT2D eigenvalue weighted by molar-refractivity contribution is -0.139. The number of piperidine rings is 1. The molecule has 2 aliphatic rings. The number of fused-ring (bicyclic) bond motifs is 1. The van der Waals surface area contributed by atoms with E-state index in [1.54, 1.807) is 32.1 Å². The molecule has 1 fully saturated rings. The SMILES string of the molecule is CCOC(=O)C1=C(C)N=c2sc(=Cc3ccc(N4CCCCC4)o3)c(=O)n2[C@@H]1c1cc(OC)c(OC)c(OC)c1. The molecular formula is C29H33N3O7S. The molecule has 10 nitrogen and oxygen atoms in total. The van der Waals surface area contributed by atoms with Gasteiger partial charge in [-0.3, -0.25) is 9.36 Å². The molecule has 0 bridgehead atoms. The van der Waals surface area contributed by atoms with Gasteiger partial charge in [0.25, 0.3) is 5.56 Å². The lowest BCUT2D eigenvalue weighted by Crippen LogP contribution is -2.40. The molecule has 2 aromatic heterocycles. The zero-order chi connectivity index (χ0) is 28.4. The normalized spacial score (nSPS) is 17.4. The monoisotopic (exact) mass is 567 g/mol. The summed E-state index contributed by atoms with van der Waals surface area (Å²) in [4.78, 5) is 34.5. The number of carbonyl (C=O) groups excluding carboxylic acids is 1. The number of benzene rings is 1. The molecule has 2 aliphatic heterocycles. The first-order valence-corrected chi connectivity index (χ1v) is 14.1. The molecule has 0 spiro atoms. The van der Waals surface area contributed by atoms with Gasteiger partial charge in [-0.25, -0.2) is 9.79 Å². The number of anilines is 1. The van der Waals surface area contributed by atoms with Crippen molar-refractivity contribution in [2.75, 3.05) is 45.9 Å². The van der Waals surface area contributed by atoms with Gasteiger partial charge in [-0.05, 0) is 56.9 Å². The molecule has 0 N–H and O–H groups in total. The van der Waals surface area contributed by atoms with Crippen molar-refractivity contribution in [2.45, 2.75) is 39.2 Å². The van der Waals surface area contributed by atoms with Gasteiger partial charge in [0.15, 0.2) is 22.2 Å². The van der Waals surface area contributed by atoms with E-state index in [1.807, 2.05) is 12.1 Å². The van der Waals surface area contributed by atoms with E-state index in [0.29, 0.717) is 43.6 Å². The van der Waals surface area contributed by atoms with Gasteiger partial charge >= 0.3 is 5.97 Å². The van der Waals surface area contributed by atoms with Crippen LogP contribution in [-0.2, 0) is 9.53 Å². The third-order valence-corrected chi connectivity index (χ3v) is 8.06. The predicted octanol–water partition coefficient (Wildman–Crippen LogP) is 3.41. The fourth-order valence-electron chi connectivity index (χ4n) is 5.20. The van der Waals surface area contributed by atoms with Crippen molar-refractivity contribution in [3.05, 3.63) is 66.5 Å². The summed E-state index contributed by atoms with van der Waals surface area (Å²) in [6.45, 7) is 5.57. The van der Waals surface area contributed by atoms with E-state index in [4.69, 9.17) is 23.4 Å². The number of thiazole rings is 1. The van der Waals surface area contributed by atoms with E-state index in [2.05, 4.69) is 9.89 Å². The molecule has 1 aromatic carbocycles. The first-order valence-electron chi connectivity index (χ1n) is 13.2. The van der Waals surface area contributed by atoms with Crippen molar-refractivity contribution in [1.82, 2.24) is 4.57 Å². The number of rotatable bonds is 8. The van der Waals surface area contributed by atoms with E-state index in [1.165, 1.54) is 43.7 Å². The number of methoxy groups -OCH3 is 3. The topological polar surface area (TPSA) is 105 Å². The predicted molar refractivity (Wildman–Crippen MR) is 151 cm³/mol. The van der Waals surface area contributed by atoms with E-state index in [-0.39, 0.29) is 17.7 Å². The van der Waals surface area contributed by atoms with Gasteiger partial charge in [0.05, 0.1) is 49.8 Å². The number of aromatic nitrogens is 1. The molecule has 11 heteroatoms. The quantitative estimate of drug-likeness (QED) is 0.382. The number of hydrogen-bond acceptors (Lipinski definition) is 10. The minimum atomic E-state index is -0.827. The highest BCUT2D eigenvalue weighted by Crippen LogP contribution is 2.42. The Labute approximate surface area is 235 Å². The highest BCUT2D eigenvalue weighted by Gasteiger charge is 2.34. The number of carbonyl (C=O) groups is 1. The number of furan rings is 1. The van der Waals surface area contributed by atoms with Crippen molar-refractivity contribution in [3.63, 3.8) is 0 Å². The Hall–Kier alpha value is -3.99. The summed E-state index contributed by atoms with van der Waals surface area (Å²) < 4.78 is 30.1. The fraction of sp³-hybridized carbons (Fsp3) is 0.414. The molecule has 0 radical (unpaired) electrons. The molecule has 212 valence electrons. The van der Waals surface area contributed by atoms with E-state index in [9.17, 15) is 9.59 Å². The van der Waals surface area contributed by atoms with Crippen molar-refractivity contribution < 1.29 is 28.2 Å². The lowest BCUT2D eigenvalue weighted by Gasteiger charge is -2.26. The van der Waals surface area contributed by atoms with Crippen LogP contribution in [0, 0.1) is 0 Å². The minimum absolute atomic E-state index is 0.180. The molecule has 4 heterocycles. The van der Waals surface area contributed by atoms with Gasteiger partial charge in [-0.1, -0.05) is 11.3 Å². The van der Waals surface area contributed by atoms with Gasteiger partial charge in [-0.15, -0.1) is 0 Å². The second kappa shape index (κ2) is 11.6. The standard InChI is InChI=1S/C29H33N3O7S/c1-6-38-28(34)24-17(2)30-29-32(25(24)18-14-20(35-3)26(37-5)21(15-18)36-4)27(33)22(40-29)16-19-10-11-23(39-19)31-12-8-7-9-13-31/h10-11,14-16,25H,6-9,12-13H2,1-5H3/t25-/m1/s1. The highest BCUT2D eigenvalue weighted by atomic mass is 32.1.